The summed E-state index contributed by atoms with van der Waals surface area (Å²) in [5, 5.41) is 0. The van der Waals surface area contributed by atoms with Crippen LogP contribution in [0.1, 0.15) is 11.3 Å². The van der Waals surface area contributed by atoms with E-state index >= 15 is 0 Å². The molecule has 2 rings (SSSR count). The third-order valence-electron chi connectivity index (χ3n) is 2.50. The third-order valence-corrected chi connectivity index (χ3v) is 3.23. The van der Waals surface area contributed by atoms with Crippen molar-refractivity contribution in [1.29, 1.82) is 0 Å². The fourth-order valence-corrected chi connectivity index (χ4v) is 1.75. The second-order valence-corrected chi connectivity index (χ2v) is 4.34. The Labute approximate surface area is 103 Å². The topological polar surface area (TPSA) is 27.1 Å². The molecular formula is C12H13BrN2O. The van der Waals surface area contributed by atoms with Crippen LogP contribution in [0.5, 0.6) is 5.75 Å². The minimum atomic E-state index is 0.528. The Bertz CT molecular complexity index is 494. The molecule has 0 saturated carbocycles. The molecule has 0 N–H and O–H groups in total. The van der Waals surface area contributed by atoms with Gasteiger partial charge in [0.15, 0.2) is 4.73 Å². The number of imidazole rings is 1. The molecule has 0 aliphatic rings. The summed E-state index contributed by atoms with van der Waals surface area (Å²) in [5.41, 5.74) is 2.18. The van der Waals surface area contributed by atoms with Gasteiger partial charge in [0.1, 0.15) is 12.4 Å². The van der Waals surface area contributed by atoms with E-state index in [0.29, 0.717) is 6.61 Å². The van der Waals surface area contributed by atoms with E-state index in [1.165, 1.54) is 0 Å². The summed E-state index contributed by atoms with van der Waals surface area (Å²) in [6.07, 6.45) is 1.81. The molecule has 0 saturated heterocycles. The van der Waals surface area contributed by atoms with Gasteiger partial charge in [0.25, 0.3) is 0 Å². The zero-order chi connectivity index (χ0) is 11.5. The SMILES string of the molecule is Cc1ccccc1OCc1cnc(Br)n1C. The highest BCUT2D eigenvalue weighted by Gasteiger charge is 2.05. The van der Waals surface area contributed by atoms with Gasteiger partial charge in [-0.3, -0.25) is 0 Å². The average Bonchev–Trinajstić information content (AvgIpc) is 2.59. The van der Waals surface area contributed by atoms with Gasteiger partial charge in [0.05, 0.1) is 11.9 Å². The molecule has 16 heavy (non-hydrogen) atoms. The van der Waals surface area contributed by atoms with E-state index in [0.717, 1.165) is 21.7 Å². The van der Waals surface area contributed by atoms with Crippen LogP contribution in [0.25, 0.3) is 0 Å². The van der Waals surface area contributed by atoms with Gasteiger partial charge in [-0.2, -0.15) is 0 Å². The van der Waals surface area contributed by atoms with Gasteiger partial charge in [0.2, 0.25) is 0 Å². The molecule has 1 aromatic heterocycles. The zero-order valence-corrected chi connectivity index (χ0v) is 10.9. The molecule has 1 heterocycles. The number of ether oxygens (including phenoxy) is 1. The van der Waals surface area contributed by atoms with E-state index in [-0.39, 0.29) is 0 Å². The van der Waals surface area contributed by atoms with Crippen LogP contribution >= 0.6 is 15.9 Å². The Balaban J connectivity index is 2.08. The van der Waals surface area contributed by atoms with E-state index < -0.39 is 0 Å². The lowest BCUT2D eigenvalue weighted by Crippen LogP contribution is -2.02. The van der Waals surface area contributed by atoms with Gasteiger partial charge in [0, 0.05) is 7.05 Å². The molecule has 0 aliphatic heterocycles. The second-order valence-electron chi connectivity index (χ2n) is 3.63. The molecule has 0 aliphatic carbocycles. The van der Waals surface area contributed by atoms with Gasteiger partial charge in [-0.15, -0.1) is 0 Å². The fraction of sp³-hybridized carbons (Fsp3) is 0.250. The average molecular weight is 281 g/mol. The molecule has 4 heteroatoms. The maximum absolute atomic E-state index is 5.74. The van der Waals surface area contributed by atoms with E-state index in [2.05, 4.69) is 20.9 Å². The molecule has 0 atom stereocenters. The maximum atomic E-state index is 5.74. The first-order valence-electron chi connectivity index (χ1n) is 5.03. The molecule has 0 radical (unpaired) electrons. The Morgan fingerprint density at radius 2 is 2.12 bits per heavy atom. The Morgan fingerprint density at radius 1 is 1.38 bits per heavy atom. The Kier molecular flexibility index (Phi) is 3.29. The molecule has 0 fully saturated rings. The normalized spacial score (nSPS) is 10.4. The molecule has 2 aromatic rings. The maximum Gasteiger partial charge on any atom is 0.177 e. The predicted octanol–water partition coefficient (Wildman–Crippen LogP) is 3.07. The first kappa shape index (κ1) is 11.2. The minimum absolute atomic E-state index is 0.528. The number of para-hydroxylation sites is 1. The van der Waals surface area contributed by atoms with Crippen LogP contribution in [0, 0.1) is 6.92 Å². The van der Waals surface area contributed by atoms with Gasteiger partial charge < -0.3 is 9.30 Å². The molecule has 0 spiro atoms. The van der Waals surface area contributed by atoms with Crippen molar-refractivity contribution in [3.05, 3.63) is 46.5 Å². The van der Waals surface area contributed by atoms with E-state index in [1.807, 2.05) is 49.0 Å². The second kappa shape index (κ2) is 4.70. The van der Waals surface area contributed by atoms with Crippen LogP contribution in [0.2, 0.25) is 0 Å². The molecule has 84 valence electrons. The summed E-state index contributed by atoms with van der Waals surface area (Å²) in [4.78, 5) is 4.15. The highest BCUT2D eigenvalue weighted by Crippen LogP contribution is 2.18. The van der Waals surface area contributed by atoms with Crippen molar-refractivity contribution in [2.45, 2.75) is 13.5 Å². The van der Waals surface area contributed by atoms with Crippen molar-refractivity contribution in [2.24, 2.45) is 7.05 Å². The standard InChI is InChI=1S/C12H13BrN2O/c1-9-5-3-4-6-11(9)16-8-10-7-14-12(13)15(10)2/h3-7H,8H2,1-2H3. The number of aromatic nitrogens is 2. The van der Waals surface area contributed by atoms with Crippen molar-refractivity contribution in [2.75, 3.05) is 0 Å². The first-order valence-corrected chi connectivity index (χ1v) is 5.82. The van der Waals surface area contributed by atoms with Crippen LogP contribution in [-0.4, -0.2) is 9.55 Å². The minimum Gasteiger partial charge on any atom is -0.487 e. The van der Waals surface area contributed by atoms with Crippen LogP contribution < -0.4 is 4.74 Å². The highest BCUT2D eigenvalue weighted by molar-refractivity contribution is 9.10. The van der Waals surface area contributed by atoms with Crippen molar-refractivity contribution in [1.82, 2.24) is 9.55 Å². The molecule has 0 bridgehead atoms. The van der Waals surface area contributed by atoms with Crippen molar-refractivity contribution in [3.63, 3.8) is 0 Å². The van der Waals surface area contributed by atoms with Crippen LogP contribution in [0.4, 0.5) is 0 Å². The van der Waals surface area contributed by atoms with Crippen LogP contribution in [0.15, 0.2) is 35.2 Å². The summed E-state index contributed by atoms with van der Waals surface area (Å²) < 4.78 is 8.51. The summed E-state index contributed by atoms with van der Waals surface area (Å²) in [6, 6.07) is 7.99. The lowest BCUT2D eigenvalue weighted by Gasteiger charge is -2.09. The van der Waals surface area contributed by atoms with Crippen molar-refractivity contribution < 1.29 is 4.74 Å². The van der Waals surface area contributed by atoms with Gasteiger partial charge in [-0.05, 0) is 34.5 Å². The molecule has 3 nitrogen and oxygen atoms in total. The molecule has 0 unspecified atom stereocenters. The van der Waals surface area contributed by atoms with Crippen LogP contribution in [0.3, 0.4) is 0 Å². The molecular weight excluding hydrogens is 268 g/mol. The summed E-state index contributed by atoms with van der Waals surface area (Å²) in [5.74, 6) is 0.917. The lowest BCUT2D eigenvalue weighted by molar-refractivity contribution is 0.295. The van der Waals surface area contributed by atoms with Gasteiger partial charge >= 0.3 is 0 Å². The Hall–Kier alpha value is -1.29. The summed E-state index contributed by atoms with van der Waals surface area (Å²) in [7, 11) is 1.95. The zero-order valence-electron chi connectivity index (χ0n) is 9.27. The molecule has 0 amide bonds. The lowest BCUT2D eigenvalue weighted by atomic mass is 10.2. The highest BCUT2D eigenvalue weighted by atomic mass is 79.9. The third kappa shape index (κ3) is 2.27. The van der Waals surface area contributed by atoms with E-state index in [4.69, 9.17) is 4.74 Å². The predicted molar refractivity (Wildman–Crippen MR) is 66.4 cm³/mol. The quantitative estimate of drug-likeness (QED) is 0.864. The largest absolute Gasteiger partial charge is 0.487 e. The van der Waals surface area contributed by atoms with E-state index in [1.54, 1.807) is 0 Å². The van der Waals surface area contributed by atoms with Gasteiger partial charge in [-0.25, -0.2) is 4.98 Å². The van der Waals surface area contributed by atoms with Gasteiger partial charge in [-0.1, -0.05) is 18.2 Å². The number of aryl methyl sites for hydroxylation is 1. The first-order chi connectivity index (χ1) is 7.68. The smallest absolute Gasteiger partial charge is 0.177 e. The number of rotatable bonds is 3. The van der Waals surface area contributed by atoms with Crippen LogP contribution in [-0.2, 0) is 13.7 Å². The Morgan fingerprint density at radius 3 is 2.75 bits per heavy atom. The monoisotopic (exact) mass is 280 g/mol. The fourth-order valence-electron chi connectivity index (χ4n) is 1.42. The summed E-state index contributed by atoms with van der Waals surface area (Å²) >= 11 is 3.35. The number of hydrogen-bond acceptors (Lipinski definition) is 2. The van der Waals surface area contributed by atoms with E-state index in [9.17, 15) is 0 Å². The number of benzene rings is 1. The number of hydrogen-bond donors (Lipinski definition) is 0. The summed E-state index contributed by atoms with van der Waals surface area (Å²) in [6.45, 7) is 2.56. The number of halogens is 1. The van der Waals surface area contributed by atoms with Crippen molar-refractivity contribution in [3.8, 4) is 5.75 Å². The molecule has 1 aromatic carbocycles. The number of nitrogens with zero attached hydrogens (tertiary/aromatic N) is 2. The van der Waals surface area contributed by atoms with Crippen molar-refractivity contribution >= 4 is 15.9 Å².